The van der Waals surface area contributed by atoms with E-state index in [0.717, 1.165) is 6.42 Å². The van der Waals surface area contributed by atoms with Crippen LogP contribution in [0.5, 0.6) is 0 Å². The highest BCUT2D eigenvalue weighted by Crippen LogP contribution is 2.30. The Hall–Kier alpha value is -1.42. The molecule has 1 aliphatic carbocycles. The van der Waals surface area contributed by atoms with Gasteiger partial charge in [-0.3, -0.25) is 14.9 Å². The quantitative estimate of drug-likeness (QED) is 0.784. The summed E-state index contributed by atoms with van der Waals surface area (Å²) in [5.74, 6) is -0.356. The van der Waals surface area contributed by atoms with Gasteiger partial charge in [0.25, 0.3) is 0 Å². The maximum absolute atomic E-state index is 12.5. The molecule has 1 N–H and O–H groups in total. The molecule has 4 nitrogen and oxygen atoms in total. The summed E-state index contributed by atoms with van der Waals surface area (Å²) in [6.45, 7) is 4.23. The summed E-state index contributed by atoms with van der Waals surface area (Å²) in [6.07, 6.45) is 8.33. The fraction of sp³-hybridized carbons (Fsp3) is 0.600. The number of hydrogen-bond acceptors (Lipinski definition) is 4. The van der Waals surface area contributed by atoms with Crippen molar-refractivity contribution >= 4 is 11.8 Å². The first-order valence-electron chi connectivity index (χ1n) is 6.77. The average molecular weight is 263 g/mol. The van der Waals surface area contributed by atoms with E-state index >= 15 is 0 Å². The zero-order valence-electron chi connectivity index (χ0n) is 11.6. The van der Waals surface area contributed by atoms with E-state index in [1.807, 2.05) is 18.2 Å². The van der Waals surface area contributed by atoms with Gasteiger partial charge in [-0.05, 0) is 12.3 Å². The van der Waals surface area contributed by atoms with Crippen molar-refractivity contribution in [2.75, 3.05) is 7.11 Å². The number of methoxy groups -OCH3 is 1. The van der Waals surface area contributed by atoms with Crippen LogP contribution in [-0.2, 0) is 14.3 Å². The Morgan fingerprint density at radius 3 is 2.53 bits per heavy atom. The van der Waals surface area contributed by atoms with Gasteiger partial charge in [-0.1, -0.05) is 38.2 Å². The van der Waals surface area contributed by atoms with Gasteiger partial charge in [0.2, 0.25) is 0 Å². The van der Waals surface area contributed by atoms with Crippen molar-refractivity contribution in [2.45, 2.75) is 32.4 Å². The van der Waals surface area contributed by atoms with E-state index in [4.69, 9.17) is 4.74 Å². The van der Waals surface area contributed by atoms with Crippen molar-refractivity contribution in [3.8, 4) is 0 Å². The molecule has 2 bridgehead atoms. The molecule has 0 amide bonds. The normalized spacial score (nSPS) is 33.4. The molecule has 2 unspecified atom stereocenters. The second-order valence-corrected chi connectivity index (χ2v) is 5.63. The van der Waals surface area contributed by atoms with Crippen LogP contribution in [0.1, 0.15) is 20.3 Å². The lowest BCUT2D eigenvalue weighted by Crippen LogP contribution is -2.59. The number of ketones is 1. The maximum Gasteiger partial charge on any atom is 0.323 e. The largest absolute Gasteiger partial charge is 0.468 e. The highest BCUT2D eigenvalue weighted by Gasteiger charge is 2.45. The lowest BCUT2D eigenvalue weighted by atomic mass is 9.77. The third kappa shape index (κ3) is 2.78. The number of hydrogen-bond donors (Lipinski definition) is 1. The molecule has 2 rings (SSSR count). The van der Waals surface area contributed by atoms with Gasteiger partial charge in [-0.25, -0.2) is 0 Å². The van der Waals surface area contributed by atoms with Crippen molar-refractivity contribution in [2.24, 2.45) is 17.8 Å². The molecule has 2 aliphatic rings. The van der Waals surface area contributed by atoms with Gasteiger partial charge < -0.3 is 4.74 Å². The van der Waals surface area contributed by atoms with E-state index in [9.17, 15) is 9.59 Å². The summed E-state index contributed by atoms with van der Waals surface area (Å²) in [5.41, 5.74) is 0. The zero-order valence-corrected chi connectivity index (χ0v) is 11.6. The van der Waals surface area contributed by atoms with Crippen LogP contribution in [0.3, 0.4) is 0 Å². The molecule has 0 aromatic heterocycles. The van der Waals surface area contributed by atoms with Crippen LogP contribution in [0.4, 0.5) is 0 Å². The second-order valence-electron chi connectivity index (χ2n) is 5.63. The molecule has 1 heterocycles. The Morgan fingerprint density at radius 2 is 1.95 bits per heavy atom. The van der Waals surface area contributed by atoms with E-state index < -0.39 is 12.0 Å². The van der Waals surface area contributed by atoms with Gasteiger partial charge in [0.15, 0.2) is 0 Å². The number of Topliss-reactive ketones (excluding diaryl/α,β-unsaturated/α-hetero) is 1. The van der Waals surface area contributed by atoms with Gasteiger partial charge in [0, 0.05) is 6.04 Å². The molecule has 104 valence electrons. The Labute approximate surface area is 113 Å². The zero-order chi connectivity index (χ0) is 14.0. The van der Waals surface area contributed by atoms with Crippen LogP contribution in [0.25, 0.3) is 0 Å². The van der Waals surface area contributed by atoms with E-state index in [-0.39, 0.29) is 23.7 Å². The predicted molar refractivity (Wildman–Crippen MR) is 72.4 cm³/mol. The number of fused-ring (bicyclic) bond motifs is 2. The van der Waals surface area contributed by atoms with Gasteiger partial charge in [-0.2, -0.15) is 0 Å². The van der Waals surface area contributed by atoms with E-state index in [0.29, 0.717) is 5.92 Å². The lowest BCUT2D eigenvalue weighted by molar-refractivity contribution is -0.149. The monoisotopic (exact) mass is 263 g/mol. The van der Waals surface area contributed by atoms with Gasteiger partial charge in [0.05, 0.1) is 18.9 Å². The van der Waals surface area contributed by atoms with Gasteiger partial charge >= 0.3 is 5.97 Å². The number of ether oxygens (including phenoxy) is 1. The van der Waals surface area contributed by atoms with E-state index in [2.05, 4.69) is 19.2 Å². The summed E-state index contributed by atoms with van der Waals surface area (Å²) < 4.78 is 4.82. The molecular weight excluding hydrogens is 242 g/mol. The van der Waals surface area contributed by atoms with Crippen LogP contribution in [0.15, 0.2) is 24.3 Å². The minimum Gasteiger partial charge on any atom is -0.468 e. The summed E-state index contributed by atoms with van der Waals surface area (Å²) >= 11 is 0. The fourth-order valence-electron chi connectivity index (χ4n) is 2.89. The number of esters is 1. The maximum atomic E-state index is 12.5. The molecule has 0 saturated carbocycles. The minimum absolute atomic E-state index is 0.00370. The highest BCUT2D eigenvalue weighted by atomic mass is 16.5. The third-order valence-corrected chi connectivity index (χ3v) is 3.77. The van der Waals surface area contributed by atoms with Crippen LogP contribution in [0, 0.1) is 17.8 Å². The number of carbonyl (C=O) groups excluding carboxylic acids is 2. The first-order chi connectivity index (χ1) is 9.04. The Kier molecular flexibility index (Phi) is 4.20. The van der Waals surface area contributed by atoms with Gasteiger partial charge in [0.1, 0.15) is 11.8 Å². The molecular formula is C15H21NO3. The molecule has 0 aromatic carbocycles. The van der Waals surface area contributed by atoms with Crippen molar-refractivity contribution in [1.29, 1.82) is 0 Å². The summed E-state index contributed by atoms with van der Waals surface area (Å²) in [6, 6.07) is -0.558. The fourth-order valence-corrected chi connectivity index (χ4v) is 2.89. The molecule has 4 atom stereocenters. The second kappa shape index (κ2) is 5.70. The molecule has 0 aromatic rings. The predicted octanol–water partition coefficient (Wildman–Crippen LogP) is 1.47. The Bertz CT molecular complexity index is 425. The van der Waals surface area contributed by atoms with Crippen molar-refractivity contribution < 1.29 is 14.3 Å². The molecule has 0 spiro atoms. The third-order valence-electron chi connectivity index (χ3n) is 3.77. The Balaban J connectivity index is 2.29. The SMILES string of the molecule is COC(=O)[C@@H]1N[C@@H](CC(C)C)C2C=CC=CC1C2=O. The van der Waals surface area contributed by atoms with Crippen molar-refractivity contribution in [1.82, 2.24) is 5.32 Å². The molecule has 1 fully saturated rings. The highest BCUT2D eigenvalue weighted by molar-refractivity contribution is 5.94. The molecule has 1 saturated heterocycles. The number of nitrogens with one attached hydrogen (secondary N) is 1. The average Bonchev–Trinajstić information content (AvgIpc) is 2.49. The van der Waals surface area contributed by atoms with Crippen LogP contribution >= 0.6 is 0 Å². The molecule has 4 heteroatoms. The topological polar surface area (TPSA) is 55.4 Å². The van der Waals surface area contributed by atoms with Crippen molar-refractivity contribution in [3.63, 3.8) is 0 Å². The summed E-state index contributed by atoms with van der Waals surface area (Å²) in [7, 11) is 1.36. The molecule has 1 aliphatic heterocycles. The number of allylic oxidation sites excluding steroid dienone is 2. The lowest BCUT2D eigenvalue weighted by Gasteiger charge is -2.38. The van der Waals surface area contributed by atoms with Gasteiger partial charge in [-0.15, -0.1) is 0 Å². The van der Waals surface area contributed by atoms with Crippen molar-refractivity contribution in [3.05, 3.63) is 24.3 Å². The standard InChI is InChI=1S/C15H21NO3/c1-9(2)8-12-10-6-4-5-7-11(14(10)17)13(16-12)15(18)19-3/h4-7,9-13,16H,8H2,1-3H3/t10?,11?,12-,13+/m0/s1. The van der Waals surface area contributed by atoms with Crippen LogP contribution < -0.4 is 5.32 Å². The minimum atomic E-state index is -0.561. The first kappa shape index (κ1) is 14.0. The number of rotatable bonds is 3. The smallest absolute Gasteiger partial charge is 0.323 e. The van der Waals surface area contributed by atoms with E-state index in [1.54, 1.807) is 6.08 Å². The van der Waals surface area contributed by atoms with Crippen LogP contribution in [-0.4, -0.2) is 30.9 Å². The number of piperidine rings is 1. The summed E-state index contributed by atoms with van der Waals surface area (Å²) in [5, 5.41) is 3.31. The molecule has 19 heavy (non-hydrogen) atoms. The first-order valence-corrected chi connectivity index (χ1v) is 6.77. The summed E-state index contributed by atoms with van der Waals surface area (Å²) in [4.78, 5) is 24.4. The van der Waals surface area contributed by atoms with Crippen LogP contribution in [0.2, 0.25) is 0 Å². The Morgan fingerprint density at radius 1 is 1.32 bits per heavy atom. The number of carbonyl (C=O) groups is 2. The molecule has 0 radical (unpaired) electrons. The van der Waals surface area contributed by atoms with E-state index in [1.165, 1.54) is 7.11 Å².